The number of rotatable bonds is 4. The zero-order valence-corrected chi connectivity index (χ0v) is 17.4. The Balaban J connectivity index is 1.77. The van der Waals surface area contributed by atoms with Gasteiger partial charge in [-0.3, -0.25) is 9.48 Å². The monoisotopic (exact) mass is 393 g/mol. The van der Waals surface area contributed by atoms with Crippen LogP contribution in [0.4, 0.5) is 0 Å². The first-order chi connectivity index (χ1) is 13.9. The molecule has 3 aromatic rings. The number of pyridine rings is 1. The van der Waals surface area contributed by atoms with Crippen molar-refractivity contribution >= 4 is 10.9 Å². The van der Waals surface area contributed by atoms with Gasteiger partial charge >= 0.3 is 0 Å². The van der Waals surface area contributed by atoms with Crippen LogP contribution >= 0.6 is 0 Å². The van der Waals surface area contributed by atoms with E-state index in [-0.39, 0.29) is 22.9 Å². The van der Waals surface area contributed by atoms with E-state index >= 15 is 0 Å². The van der Waals surface area contributed by atoms with E-state index in [1.165, 1.54) is 0 Å². The second kappa shape index (κ2) is 6.46. The zero-order valence-electron chi connectivity index (χ0n) is 17.4. The van der Waals surface area contributed by atoms with Crippen LogP contribution in [0.1, 0.15) is 44.3 Å². The number of methoxy groups -OCH3 is 1. The minimum absolute atomic E-state index is 0.0684. The molecule has 1 fully saturated rings. The molecule has 5 rings (SSSR count). The van der Waals surface area contributed by atoms with Crippen molar-refractivity contribution in [1.82, 2.24) is 14.3 Å². The Kier molecular flexibility index (Phi) is 4.10. The van der Waals surface area contributed by atoms with E-state index in [4.69, 9.17) is 14.6 Å². The van der Waals surface area contributed by atoms with Crippen molar-refractivity contribution in [3.05, 3.63) is 46.2 Å². The summed E-state index contributed by atoms with van der Waals surface area (Å²) in [5.74, 6) is 0.760. The molecule has 152 valence electrons. The van der Waals surface area contributed by atoms with Gasteiger partial charge < -0.3 is 14.0 Å². The van der Waals surface area contributed by atoms with Crippen LogP contribution < -0.4 is 10.2 Å². The lowest BCUT2D eigenvalue weighted by atomic mass is 9.85. The largest absolute Gasteiger partial charge is 0.489 e. The molecule has 2 unspecified atom stereocenters. The Morgan fingerprint density at radius 3 is 2.90 bits per heavy atom. The molecule has 0 amide bonds. The molecule has 6 nitrogen and oxygen atoms in total. The highest BCUT2D eigenvalue weighted by Crippen LogP contribution is 2.56. The second-order valence-electron chi connectivity index (χ2n) is 8.94. The van der Waals surface area contributed by atoms with Gasteiger partial charge in [0.1, 0.15) is 17.9 Å². The molecule has 1 aliphatic heterocycles. The van der Waals surface area contributed by atoms with Gasteiger partial charge in [-0.2, -0.15) is 5.10 Å². The van der Waals surface area contributed by atoms with E-state index in [1.54, 1.807) is 13.2 Å². The Labute approximate surface area is 170 Å². The molecule has 1 saturated carbocycles. The molecule has 0 radical (unpaired) electrons. The van der Waals surface area contributed by atoms with Crippen LogP contribution in [-0.2, 0) is 4.74 Å². The lowest BCUT2D eigenvalue weighted by Crippen LogP contribution is -2.34. The third kappa shape index (κ3) is 2.65. The number of aromatic nitrogens is 3. The molecule has 6 heteroatoms. The number of fused-ring (bicyclic) bond motifs is 8. The van der Waals surface area contributed by atoms with E-state index in [1.807, 2.05) is 25.3 Å². The van der Waals surface area contributed by atoms with Crippen molar-refractivity contribution in [2.45, 2.75) is 45.7 Å². The standard InChI is InChI=1S/C23H27N3O3/c1-14-13-25-17(12-18(14)27)21-15-6-5-7-19(29-11-10-28-4)20(15)24-26(21)16-8-9-23(2,3)22(16)25/h5-7,12-13,16,22H,8-11H2,1-4H3. The molecule has 29 heavy (non-hydrogen) atoms. The molecule has 1 aliphatic carbocycles. The van der Waals surface area contributed by atoms with Crippen molar-refractivity contribution in [2.24, 2.45) is 5.41 Å². The number of benzene rings is 1. The van der Waals surface area contributed by atoms with Gasteiger partial charge in [0.05, 0.1) is 30.1 Å². The van der Waals surface area contributed by atoms with Crippen LogP contribution in [0.25, 0.3) is 22.3 Å². The van der Waals surface area contributed by atoms with Crippen LogP contribution in [0.15, 0.2) is 35.3 Å². The fourth-order valence-electron chi connectivity index (χ4n) is 5.18. The van der Waals surface area contributed by atoms with Crippen LogP contribution in [0, 0.1) is 12.3 Å². The third-order valence-electron chi connectivity index (χ3n) is 6.61. The number of aryl methyl sites for hydroxylation is 1. The van der Waals surface area contributed by atoms with Gasteiger partial charge in [-0.1, -0.05) is 26.0 Å². The summed E-state index contributed by atoms with van der Waals surface area (Å²) in [6, 6.07) is 8.35. The van der Waals surface area contributed by atoms with Gasteiger partial charge in [-0.05, 0) is 31.2 Å². The first-order valence-electron chi connectivity index (χ1n) is 10.3. The first-order valence-corrected chi connectivity index (χ1v) is 10.3. The van der Waals surface area contributed by atoms with Gasteiger partial charge in [0.15, 0.2) is 5.43 Å². The Hall–Kier alpha value is -2.60. The van der Waals surface area contributed by atoms with Crippen LogP contribution in [0.5, 0.6) is 5.75 Å². The summed E-state index contributed by atoms with van der Waals surface area (Å²) in [5, 5.41) is 6.05. The topological polar surface area (TPSA) is 58.3 Å². The Bertz CT molecular complexity index is 1160. The fraction of sp³-hybridized carbons (Fsp3) is 0.478. The Morgan fingerprint density at radius 2 is 2.10 bits per heavy atom. The van der Waals surface area contributed by atoms with E-state index < -0.39 is 0 Å². The minimum Gasteiger partial charge on any atom is -0.489 e. The van der Waals surface area contributed by atoms with Crippen LogP contribution in [-0.4, -0.2) is 34.7 Å². The maximum Gasteiger partial charge on any atom is 0.185 e. The van der Waals surface area contributed by atoms with Gasteiger partial charge in [0.2, 0.25) is 0 Å². The summed E-state index contributed by atoms with van der Waals surface area (Å²) in [5.41, 5.74) is 3.81. The molecule has 2 aliphatic rings. The molecule has 2 aromatic heterocycles. The van der Waals surface area contributed by atoms with Gasteiger partial charge in [-0.15, -0.1) is 0 Å². The molecule has 0 spiro atoms. The van der Waals surface area contributed by atoms with E-state index in [0.717, 1.165) is 46.4 Å². The molecular formula is C23H27N3O3. The summed E-state index contributed by atoms with van der Waals surface area (Å²) in [4.78, 5) is 12.6. The average molecular weight is 393 g/mol. The lowest BCUT2D eigenvalue weighted by molar-refractivity contribution is 0.147. The summed E-state index contributed by atoms with van der Waals surface area (Å²) >= 11 is 0. The van der Waals surface area contributed by atoms with Crippen LogP contribution in [0.3, 0.4) is 0 Å². The smallest absolute Gasteiger partial charge is 0.185 e. The van der Waals surface area contributed by atoms with E-state index in [9.17, 15) is 4.79 Å². The number of hydrogen-bond acceptors (Lipinski definition) is 4. The number of hydrogen-bond donors (Lipinski definition) is 0. The molecule has 0 N–H and O–H groups in total. The summed E-state index contributed by atoms with van der Waals surface area (Å²) in [6.45, 7) is 7.55. The SMILES string of the molecule is COCCOc1cccc2c3n(nc12)C1CCC(C)(C)C1n1cc(C)c(=O)cc1-3. The maximum absolute atomic E-state index is 12.6. The Morgan fingerprint density at radius 1 is 1.28 bits per heavy atom. The van der Waals surface area contributed by atoms with Gasteiger partial charge in [-0.25, -0.2) is 0 Å². The maximum atomic E-state index is 12.6. The summed E-state index contributed by atoms with van der Waals surface area (Å²) in [6.07, 6.45) is 4.24. The van der Waals surface area contributed by atoms with Crippen LogP contribution in [0.2, 0.25) is 0 Å². The minimum atomic E-state index is 0.0684. The average Bonchev–Trinajstić information content (AvgIpc) is 3.22. The summed E-state index contributed by atoms with van der Waals surface area (Å²) < 4.78 is 15.6. The summed E-state index contributed by atoms with van der Waals surface area (Å²) in [7, 11) is 1.66. The van der Waals surface area contributed by atoms with Crippen molar-refractivity contribution in [2.75, 3.05) is 20.3 Å². The number of ether oxygens (including phenoxy) is 2. The van der Waals surface area contributed by atoms with Gasteiger partial charge in [0, 0.05) is 30.3 Å². The first kappa shape index (κ1) is 18.4. The highest BCUT2D eigenvalue weighted by molar-refractivity contribution is 5.96. The molecule has 2 atom stereocenters. The fourth-order valence-corrected chi connectivity index (χ4v) is 5.18. The molecule has 0 saturated heterocycles. The van der Waals surface area contributed by atoms with E-state index in [0.29, 0.717) is 13.2 Å². The van der Waals surface area contributed by atoms with Crippen molar-refractivity contribution in [1.29, 1.82) is 0 Å². The quantitative estimate of drug-likeness (QED) is 0.626. The van der Waals surface area contributed by atoms with Crippen molar-refractivity contribution in [3.8, 4) is 17.1 Å². The van der Waals surface area contributed by atoms with Crippen molar-refractivity contribution < 1.29 is 9.47 Å². The normalized spacial score (nSPS) is 21.7. The predicted octanol–water partition coefficient (Wildman–Crippen LogP) is 4.11. The highest BCUT2D eigenvalue weighted by Gasteiger charge is 2.48. The van der Waals surface area contributed by atoms with Gasteiger partial charge in [0.25, 0.3) is 0 Å². The predicted molar refractivity (Wildman–Crippen MR) is 113 cm³/mol. The zero-order chi connectivity index (χ0) is 20.3. The lowest BCUT2D eigenvalue weighted by Gasteiger charge is -2.39. The van der Waals surface area contributed by atoms with Crippen molar-refractivity contribution in [3.63, 3.8) is 0 Å². The molecular weight excluding hydrogens is 366 g/mol. The molecule has 1 aromatic carbocycles. The highest BCUT2D eigenvalue weighted by atomic mass is 16.5. The third-order valence-corrected chi connectivity index (χ3v) is 6.61. The molecule has 0 bridgehead atoms. The number of nitrogens with zero attached hydrogens (tertiary/aromatic N) is 3. The molecule has 3 heterocycles. The second-order valence-corrected chi connectivity index (χ2v) is 8.94. The van der Waals surface area contributed by atoms with E-state index in [2.05, 4.69) is 29.2 Å².